The number of hydrogen-bond acceptors (Lipinski definition) is 3. The molecule has 0 amide bonds. The van der Waals surface area contributed by atoms with Gasteiger partial charge in [-0.3, -0.25) is 0 Å². The summed E-state index contributed by atoms with van der Waals surface area (Å²) in [5.41, 5.74) is 3.26. The molecule has 25 heavy (non-hydrogen) atoms. The topological polar surface area (TPSA) is 40.6 Å². The Balaban J connectivity index is 1.83. The summed E-state index contributed by atoms with van der Waals surface area (Å²) in [6.07, 6.45) is 0. The zero-order valence-corrected chi connectivity index (χ0v) is 15.9. The van der Waals surface area contributed by atoms with E-state index in [4.69, 9.17) is 0 Å². The molecule has 2 aromatic rings. The minimum Gasteiger partial charge on any atom is -0.304 e. The van der Waals surface area contributed by atoms with Gasteiger partial charge < -0.3 is 4.90 Å². The summed E-state index contributed by atoms with van der Waals surface area (Å²) in [5.74, 6) is 0.260. The lowest BCUT2D eigenvalue weighted by molar-refractivity contribution is 0.285. The van der Waals surface area contributed by atoms with Crippen LogP contribution >= 0.6 is 0 Å². The van der Waals surface area contributed by atoms with Crippen LogP contribution in [-0.4, -0.2) is 50.8 Å². The van der Waals surface area contributed by atoms with Crippen LogP contribution in [0, 0.1) is 6.92 Å². The Hall–Kier alpha value is -1.69. The minimum atomic E-state index is -3.32. The molecular formula is C20H26N2O2S. The fraction of sp³-hybridized carbons (Fsp3) is 0.400. The Bertz CT molecular complexity index is 801. The highest BCUT2D eigenvalue weighted by Gasteiger charge is 2.40. The maximum Gasteiger partial charge on any atom is 0.218 e. The number of benzene rings is 2. The molecule has 4 nitrogen and oxygen atoms in total. The maximum atomic E-state index is 12.9. The van der Waals surface area contributed by atoms with Crippen LogP contribution in [0.25, 0.3) is 0 Å². The van der Waals surface area contributed by atoms with Crippen LogP contribution in [0.3, 0.4) is 0 Å². The van der Waals surface area contributed by atoms with E-state index in [1.807, 2.05) is 44.4 Å². The highest BCUT2D eigenvalue weighted by Crippen LogP contribution is 2.32. The first-order chi connectivity index (χ1) is 11.9. The van der Waals surface area contributed by atoms with Crippen molar-refractivity contribution in [2.75, 3.05) is 27.2 Å². The lowest BCUT2D eigenvalue weighted by atomic mass is 9.93. The van der Waals surface area contributed by atoms with Crippen LogP contribution < -0.4 is 0 Å². The highest BCUT2D eigenvalue weighted by molar-refractivity contribution is 7.88. The lowest BCUT2D eigenvalue weighted by Gasteiger charge is -2.25. The molecule has 0 radical (unpaired) electrons. The molecule has 5 heteroatoms. The fourth-order valence-electron chi connectivity index (χ4n) is 3.52. The van der Waals surface area contributed by atoms with Crippen LogP contribution in [0.2, 0.25) is 0 Å². The molecule has 0 N–H and O–H groups in total. The first-order valence-electron chi connectivity index (χ1n) is 8.61. The molecule has 1 fully saturated rings. The molecule has 3 rings (SSSR count). The smallest absolute Gasteiger partial charge is 0.218 e. The van der Waals surface area contributed by atoms with Crippen molar-refractivity contribution in [2.24, 2.45) is 0 Å². The number of sulfonamides is 1. The molecule has 0 bridgehead atoms. The van der Waals surface area contributed by atoms with Gasteiger partial charge in [0.1, 0.15) is 0 Å². The molecular weight excluding hydrogens is 332 g/mol. The van der Waals surface area contributed by atoms with E-state index in [1.165, 1.54) is 11.1 Å². The molecule has 2 atom stereocenters. The zero-order valence-electron chi connectivity index (χ0n) is 15.1. The molecule has 134 valence electrons. The molecule has 1 aliphatic rings. The second-order valence-corrected chi connectivity index (χ2v) is 9.08. The summed E-state index contributed by atoms with van der Waals surface area (Å²) in [4.78, 5) is 2.14. The Morgan fingerprint density at radius 1 is 1.00 bits per heavy atom. The van der Waals surface area contributed by atoms with Crippen molar-refractivity contribution in [2.45, 2.75) is 24.6 Å². The third kappa shape index (κ3) is 4.11. The second kappa shape index (κ2) is 7.28. The van der Waals surface area contributed by atoms with Gasteiger partial charge in [0.2, 0.25) is 10.0 Å². The van der Waals surface area contributed by atoms with Crippen molar-refractivity contribution in [3.8, 4) is 0 Å². The summed E-state index contributed by atoms with van der Waals surface area (Å²) in [6.45, 7) is 3.15. The lowest BCUT2D eigenvalue weighted by Crippen LogP contribution is -2.36. The number of likely N-dealkylation sites (N-methyl/N-ethyl adjacent to an activating group) is 1. The van der Waals surface area contributed by atoms with Gasteiger partial charge in [0.15, 0.2) is 0 Å². The van der Waals surface area contributed by atoms with E-state index in [1.54, 1.807) is 4.31 Å². The Kier molecular flexibility index (Phi) is 5.27. The Morgan fingerprint density at radius 2 is 1.64 bits per heavy atom. The van der Waals surface area contributed by atoms with Crippen LogP contribution in [0.15, 0.2) is 54.6 Å². The normalized spacial score (nSPS) is 21.8. The second-order valence-electron chi connectivity index (χ2n) is 7.11. The molecule has 1 aliphatic heterocycles. The predicted octanol–water partition coefficient (Wildman–Crippen LogP) is 2.85. The monoisotopic (exact) mass is 358 g/mol. The summed E-state index contributed by atoms with van der Waals surface area (Å²) >= 11 is 0. The van der Waals surface area contributed by atoms with E-state index in [0.717, 1.165) is 5.56 Å². The molecule has 0 saturated carbocycles. The summed E-state index contributed by atoms with van der Waals surface area (Å²) in [6, 6.07) is 18.1. The van der Waals surface area contributed by atoms with Gasteiger partial charge in [-0.15, -0.1) is 0 Å². The Labute approximate surface area is 151 Å². The van der Waals surface area contributed by atoms with Crippen LogP contribution in [0.5, 0.6) is 0 Å². The largest absolute Gasteiger partial charge is 0.304 e. The van der Waals surface area contributed by atoms with E-state index in [0.29, 0.717) is 13.1 Å². The first-order valence-corrected chi connectivity index (χ1v) is 10.2. The first kappa shape index (κ1) is 18.1. The van der Waals surface area contributed by atoms with Crippen molar-refractivity contribution < 1.29 is 8.42 Å². The number of aryl methyl sites for hydroxylation is 1. The van der Waals surface area contributed by atoms with Gasteiger partial charge in [-0.1, -0.05) is 60.2 Å². The third-order valence-corrected chi connectivity index (χ3v) is 6.79. The van der Waals surface area contributed by atoms with Crippen molar-refractivity contribution in [3.63, 3.8) is 0 Å². The quantitative estimate of drug-likeness (QED) is 0.825. The maximum absolute atomic E-state index is 12.9. The molecule has 0 aliphatic carbocycles. The van der Waals surface area contributed by atoms with E-state index >= 15 is 0 Å². The van der Waals surface area contributed by atoms with Gasteiger partial charge in [0.25, 0.3) is 0 Å². The number of nitrogens with zero attached hydrogens (tertiary/aromatic N) is 2. The average molecular weight is 359 g/mol. The van der Waals surface area contributed by atoms with E-state index in [-0.39, 0.29) is 17.7 Å². The van der Waals surface area contributed by atoms with Gasteiger partial charge >= 0.3 is 0 Å². The summed E-state index contributed by atoms with van der Waals surface area (Å²) < 4.78 is 27.5. The van der Waals surface area contributed by atoms with E-state index in [2.05, 4.69) is 36.1 Å². The number of hydrogen-bond donors (Lipinski definition) is 0. The fourth-order valence-corrected chi connectivity index (χ4v) is 5.08. The van der Waals surface area contributed by atoms with Gasteiger partial charge in [-0.25, -0.2) is 8.42 Å². The zero-order chi connectivity index (χ0) is 18.0. The standard InChI is InChI=1S/C20H26N2O2S/c1-16-9-11-18(12-10-16)19-13-22(14-20(19)21(2)3)25(23,24)15-17-7-5-4-6-8-17/h4-12,19-20H,13-15H2,1-3H3/t19-,20+/m0/s1. The van der Waals surface area contributed by atoms with Crippen molar-refractivity contribution in [3.05, 3.63) is 71.3 Å². The summed E-state index contributed by atoms with van der Waals surface area (Å²) in [5, 5.41) is 0. The van der Waals surface area contributed by atoms with Crippen molar-refractivity contribution in [1.82, 2.24) is 9.21 Å². The van der Waals surface area contributed by atoms with Crippen LogP contribution in [-0.2, 0) is 15.8 Å². The molecule has 0 aromatic heterocycles. The molecule has 0 unspecified atom stereocenters. The van der Waals surface area contributed by atoms with Gasteiger partial charge in [0.05, 0.1) is 5.75 Å². The molecule has 1 heterocycles. The van der Waals surface area contributed by atoms with Crippen molar-refractivity contribution >= 4 is 10.0 Å². The molecule has 1 saturated heterocycles. The van der Waals surface area contributed by atoms with Crippen LogP contribution in [0.4, 0.5) is 0 Å². The number of rotatable bonds is 5. The van der Waals surface area contributed by atoms with E-state index < -0.39 is 10.0 Å². The SMILES string of the molecule is Cc1ccc([C@@H]2CN(S(=O)(=O)Cc3ccccc3)C[C@H]2N(C)C)cc1. The highest BCUT2D eigenvalue weighted by atomic mass is 32.2. The minimum absolute atomic E-state index is 0.0641. The van der Waals surface area contributed by atoms with Crippen molar-refractivity contribution in [1.29, 1.82) is 0 Å². The van der Waals surface area contributed by atoms with Gasteiger partial charge in [-0.05, 0) is 32.1 Å². The molecule has 0 spiro atoms. The summed E-state index contributed by atoms with van der Waals surface area (Å²) in [7, 11) is 0.732. The van der Waals surface area contributed by atoms with Gasteiger partial charge in [0, 0.05) is 25.0 Å². The van der Waals surface area contributed by atoms with E-state index in [9.17, 15) is 8.42 Å². The Morgan fingerprint density at radius 3 is 2.24 bits per heavy atom. The van der Waals surface area contributed by atoms with Crippen LogP contribution in [0.1, 0.15) is 22.6 Å². The third-order valence-electron chi connectivity index (χ3n) is 5.01. The predicted molar refractivity (Wildman–Crippen MR) is 102 cm³/mol. The average Bonchev–Trinajstić information content (AvgIpc) is 3.02. The molecule has 2 aromatic carbocycles. The van der Waals surface area contributed by atoms with Gasteiger partial charge in [-0.2, -0.15) is 4.31 Å².